The maximum atomic E-state index is 12.6. The Morgan fingerprint density at radius 1 is 1.03 bits per heavy atom. The Bertz CT molecular complexity index is 1280. The van der Waals surface area contributed by atoms with Crippen molar-refractivity contribution in [3.8, 4) is 11.5 Å². The highest BCUT2D eigenvalue weighted by Crippen LogP contribution is 2.35. The molecule has 4 rings (SSSR count). The van der Waals surface area contributed by atoms with Crippen LogP contribution in [0.1, 0.15) is 26.3 Å². The quantitative estimate of drug-likeness (QED) is 0.163. The number of nitro benzene ring substituents is 1. The molecule has 154 valence electrons. The van der Waals surface area contributed by atoms with Crippen LogP contribution < -0.4 is 9.47 Å². The minimum atomic E-state index is -0.778. The van der Waals surface area contributed by atoms with Crippen molar-refractivity contribution in [2.75, 3.05) is 0 Å². The molecule has 0 amide bonds. The molecular weight excluding hydrogens is 445 g/mol. The minimum absolute atomic E-state index is 0.0203. The van der Waals surface area contributed by atoms with E-state index < -0.39 is 10.9 Å². The lowest BCUT2D eigenvalue weighted by Crippen LogP contribution is -2.08. The second-order valence-electron chi connectivity index (χ2n) is 6.47. The van der Waals surface area contributed by atoms with E-state index in [0.29, 0.717) is 21.2 Å². The number of nitro groups is 1. The first-order chi connectivity index (χ1) is 14.8. The molecule has 0 fully saturated rings. The highest BCUT2D eigenvalue weighted by molar-refractivity contribution is 6.42. The topological polar surface area (TPSA) is 95.7 Å². The number of nitrogens with zero attached hydrogens (tertiary/aromatic N) is 1. The standard InChI is InChI=1S/C22H11Cl2NO6/c23-17-7-4-12(8-18(17)24)9-20-21(26)16-6-5-15(11-19(16)31-20)30-22(27)13-2-1-3-14(10-13)25(28)29/h1-11H/b20-9-. The van der Waals surface area contributed by atoms with Crippen molar-refractivity contribution >= 4 is 46.7 Å². The van der Waals surface area contributed by atoms with Gasteiger partial charge in [0.05, 0.1) is 26.1 Å². The monoisotopic (exact) mass is 455 g/mol. The number of fused-ring (bicyclic) bond motifs is 1. The largest absolute Gasteiger partial charge is 0.452 e. The van der Waals surface area contributed by atoms with Gasteiger partial charge >= 0.3 is 5.97 Å². The van der Waals surface area contributed by atoms with Crippen LogP contribution in [-0.4, -0.2) is 16.7 Å². The first kappa shape index (κ1) is 20.6. The molecule has 9 heteroatoms. The number of rotatable bonds is 4. The molecule has 0 saturated carbocycles. The molecule has 0 spiro atoms. The molecular formula is C22H11Cl2NO6. The van der Waals surface area contributed by atoms with Gasteiger partial charge in [-0.1, -0.05) is 35.3 Å². The lowest BCUT2D eigenvalue weighted by atomic mass is 10.1. The predicted octanol–water partition coefficient (Wildman–Crippen LogP) is 5.74. The maximum Gasteiger partial charge on any atom is 0.343 e. The lowest BCUT2D eigenvalue weighted by molar-refractivity contribution is -0.384. The Morgan fingerprint density at radius 2 is 1.84 bits per heavy atom. The van der Waals surface area contributed by atoms with E-state index in [1.165, 1.54) is 42.5 Å². The van der Waals surface area contributed by atoms with Crippen molar-refractivity contribution in [2.45, 2.75) is 0 Å². The summed E-state index contributed by atoms with van der Waals surface area (Å²) in [5, 5.41) is 11.6. The average molecular weight is 456 g/mol. The number of ketones is 1. The summed E-state index contributed by atoms with van der Waals surface area (Å²) >= 11 is 11.9. The highest BCUT2D eigenvalue weighted by Gasteiger charge is 2.28. The molecule has 3 aromatic rings. The number of benzene rings is 3. The number of non-ortho nitro benzene ring substituents is 1. The Balaban J connectivity index is 1.55. The van der Waals surface area contributed by atoms with Crippen LogP contribution in [-0.2, 0) is 0 Å². The SMILES string of the molecule is O=C(Oc1ccc2c(c1)O/C(=C\c1ccc(Cl)c(Cl)c1)C2=O)c1cccc([N+](=O)[O-])c1. The van der Waals surface area contributed by atoms with Crippen LogP contribution in [0, 0.1) is 10.1 Å². The molecule has 1 aliphatic heterocycles. The zero-order valence-electron chi connectivity index (χ0n) is 15.5. The van der Waals surface area contributed by atoms with Crippen molar-refractivity contribution in [1.29, 1.82) is 0 Å². The first-order valence-electron chi connectivity index (χ1n) is 8.82. The van der Waals surface area contributed by atoms with Crippen LogP contribution in [0.15, 0.2) is 66.4 Å². The summed E-state index contributed by atoms with van der Waals surface area (Å²) in [5.74, 6) is -0.688. The molecule has 0 radical (unpaired) electrons. The molecule has 7 nitrogen and oxygen atoms in total. The Hall–Kier alpha value is -3.68. The maximum absolute atomic E-state index is 12.6. The van der Waals surface area contributed by atoms with Crippen LogP contribution >= 0.6 is 23.2 Å². The second-order valence-corrected chi connectivity index (χ2v) is 7.28. The first-order valence-corrected chi connectivity index (χ1v) is 9.57. The van der Waals surface area contributed by atoms with E-state index in [9.17, 15) is 19.7 Å². The third-order valence-corrected chi connectivity index (χ3v) is 5.13. The van der Waals surface area contributed by atoms with E-state index in [1.807, 2.05) is 0 Å². The molecule has 31 heavy (non-hydrogen) atoms. The number of allylic oxidation sites excluding steroid dienone is 1. The molecule has 0 aliphatic carbocycles. The van der Waals surface area contributed by atoms with E-state index >= 15 is 0 Å². The van der Waals surface area contributed by atoms with Gasteiger partial charge in [-0.2, -0.15) is 0 Å². The summed E-state index contributed by atoms with van der Waals surface area (Å²) in [6.45, 7) is 0. The van der Waals surface area contributed by atoms with Gasteiger partial charge in [0.1, 0.15) is 11.5 Å². The fraction of sp³-hybridized carbons (Fsp3) is 0. The van der Waals surface area contributed by atoms with Crippen LogP contribution in [0.4, 0.5) is 5.69 Å². The van der Waals surface area contributed by atoms with E-state index in [2.05, 4.69) is 0 Å². The predicted molar refractivity (Wildman–Crippen MR) is 114 cm³/mol. The van der Waals surface area contributed by atoms with Gasteiger partial charge in [0.2, 0.25) is 5.78 Å². The number of Topliss-reactive ketones (excluding diaryl/α,β-unsaturated/α-hetero) is 1. The summed E-state index contributed by atoms with van der Waals surface area (Å²) in [4.78, 5) is 35.2. The van der Waals surface area contributed by atoms with Crippen molar-refractivity contribution in [3.05, 3.63) is 103 Å². The molecule has 1 heterocycles. The van der Waals surface area contributed by atoms with Crippen molar-refractivity contribution < 1.29 is 24.0 Å². The van der Waals surface area contributed by atoms with Crippen molar-refractivity contribution in [3.63, 3.8) is 0 Å². The van der Waals surface area contributed by atoms with E-state index in [4.69, 9.17) is 32.7 Å². The number of hydrogen-bond acceptors (Lipinski definition) is 6. The number of halogens is 2. The smallest absolute Gasteiger partial charge is 0.343 e. The lowest BCUT2D eigenvalue weighted by Gasteiger charge is -2.05. The van der Waals surface area contributed by atoms with Gasteiger partial charge < -0.3 is 9.47 Å². The van der Waals surface area contributed by atoms with Gasteiger partial charge in [-0.25, -0.2) is 4.79 Å². The third-order valence-electron chi connectivity index (χ3n) is 4.39. The fourth-order valence-corrected chi connectivity index (χ4v) is 3.20. The van der Waals surface area contributed by atoms with Crippen LogP contribution in [0.5, 0.6) is 11.5 Å². The summed E-state index contributed by atoms with van der Waals surface area (Å²) in [7, 11) is 0. The Morgan fingerprint density at radius 3 is 2.58 bits per heavy atom. The summed E-state index contributed by atoms with van der Waals surface area (Å²) in [5.41, 5.74) is 0.727. The number of esters is 1. The molecule has 0 N–H and O–H groups in total. The zero-order chi connectivity index (χ0) is 22.1. The number of carbonyl (C=O) groups excluding carboxylic acids is 2. The molecule has 1 aliphatic rings. The third kappa shape index (κ3) is 4.28. The highest BCUT2D eigenvalue weighted by atomic mass is 35.5. The molecule has 0 unspecified atom stereocenters. The molecule has 0 saturated heterocycles. The molecule has 0 atom stereocenters. The van der Waals surface area contributed by atoms with Gasteiger partial charge in [-0.05, 0) is 42.0 Å². The van der Waals surface area contributed by atoms with Gasteiger partial charge in [0.25, 0.3) is 5.69 Å². The summed E-state index contributed by atoms with van der Waals surface area (Å²) < 4.78 is 10.9. The normalized spacial score (nSPS) is 13.6. The van der Waals surface area contributed by atoms with Gasteiger partial charge in [0.15, 0.2) is 5.76 Å². The fourth-order valence-electron chi connectivity index (χ4n) is 2.90. The minimum Gasteiger partial charge on any atom is -0.452 e. The number of hydrogen-bond donors (Lipinski definition) is 0. The van der Waals surface area contributed by atoms with Gasteiger partial charge in [-0.3, -0.25) is 14.9 Å². The Labute approximate surface area is 185 Å². The van der Waals surface area contributed by atoms with E-state index in [-0.39, 0.29) is 34.3 Å². The van der Waals surface area contributed by atoms with Gasteiger partial charge in [0, 0.05) is 18.2 Å². The van der Waals surface area contributed by atoms with Crippen LogP contribution in [0.2, 0.25) is 10.0 Å². The van der Waals surface area contributed by atoms with E-state index in [1.54, 1.807) is 18.2 Å². The van der Waals surface area contributed by atoms with Crippen LogP contribution in [0.25, 0.3) is 6.08 Å². The van der Waals surface area contributed by atoms with Crippen molar-refractivity contribution in [2.24, 2.45) is 0 Å². The van der Waals surface area contributed by atoms with Crippen molar-refractivity contribution in [1.82, 2.24) is 0 Å². The molecule has 0 aromatic heterocycles. The number of carbonyl (C=O) groups is 2. The number of ether oxygens (including phenoxy) is 2. The second kappa shape index (κ2) is 8.22. The molecule has 0 bridgehead atoms. The van der Waals surface area contributed by atoms with Gasteiger partial charge in [-0.15, -0.1) is 0 Å². The zero-order valence-corrected chi connectivity index (χ0v) is 17.0. The van der Waals surface area contributed by atoms with Crippen LogP contribution in [0.3, 0.4) is 0 Å². The summed E-state index contributed by atoms with van der Waals surface area (Å²) in [6.07, 6.45) is 1.53. The molecule has 3 aromatic carbocycles. The van der Waals surface area contributed by atoms with E-state index in [0.717, 1.165) is 6.07 Å². The average Bonchev–Trinajstić information content (AvgIpc) is 3.05. The summed E-state index contributed by atoms with van der Waals surface area (Å²) in [6, 6.07) is 14.4. The Kier molecular flexibility index (Phi) is 5.46.